The summed E-state index contributed by atoms with van der Waals surface area (Å²) >= 11 is 1.62. The van der Waals surface area contributed by atoms with Gasteiger partial charge in [-0.1, -0.05) is 6.42 Å². The normalized spacial score (nSPS) is 19.4. The van der Waals surface area contributed by atoms with Gasteiger partial charge in [0.1, 0.15) is 17.0 Å². The molecule has 0 aromatic carbocycles. The number of esters is 1. The van der Waals surface area contributed by atoms with Crippen molar-refractivity contribution in [1.82, 2.24) is 9.55 Å². The summed E-state index contributed by atoms with van der Waals surface area (Å²) in [4.78, 5) is 31.9. The third-order valence-electron chi connectivity index (χ3n) is 5.24. The Labute approximate surface area is 144 Å². The van der Waals surface area contributed by atoms with Crippen LogP contribution in [0.2, 0.25) is 0 Å². The van der Waals surface area contributed by atoms with Gasteiger partial charge in [0.15, 0.2) is 0 Å². The summed E-state index contributed by atoms with van der Waals surface area (Å²) in [7, 11) is 0. The highest BCUT2D eigenvalue weighted by Crippen LogP contribution is 2.34. The Bertz CT molecular complexity index is 833. The van der Waals surface area contributed by atoms with Gasteiger partial charge in [0.05, 0.1) is 11.7 Å². The van der Waals surface area contributed by atoms with Crippen LogP contribution < -0.4 is 5.56 Å². The van der Waals surface area contributed by atoms with Crippen molar-refractivity contribution in [3.8, 4) is 0 Å². The van der Waals surface area contributed by atoms with Gasteiger partial charge in [-0.3, -0.25) is 9.36 Å². The van der Waals surface area contributed by atoms with E-state index in [1.54, 1.807) is 18.3 Å². The second-order valence-electron chi connectivity index (χ2n) is 6.87. The molecular formula is C18H22N2O3S. The predicted molar refractivity (Wildman–Crippen MR) is 93.6 cm³/mol. The Hall–Kier alpha value is -1.69. The first-order valence-corrected chi connectivity index (χ1v) is 9.68. The highest BCUT2D eigenvalue weighted by molar-refractivity contribution is 7.18. The number of carbonyl (C=O) groups is 1. The van der Waals surface area contributed by atoms with E-state index < -0.39 is 6.04 Å². The maximum atomic E-state index is 12.9. The molecule has 0 aliphatic heterocycles. The Morgan fingerprint density at radius 2 is 2.08 bits per heavy atom. The molecule has 2 aromatic heterocycles. The van der Waals surface area contributed by atoms with Crippen LogP contribution in [0.25, 0.3) is 10.2 Å². The Morgan fingerprint density at radius 3 is 2.88 bits per heavy atom. The molecule has 1 unspecified atom stereocenters. The quantitative estimate of drug-likeness (QED) is 0.799. The number of hydrogen-bond acceptors (Lipinski definition) is 5. The number of fused-ring (bicyclic) bond motifs is 3. The van der Waals surface area contributed by atoms with Crippen LogP contribution in [0.1, 0.15) is 61.9 Å². The number of aryl methyl sites for hydroxylation is 2. The summed E-state index contributed by atoms with van der Waals surface area (Å²) in [5.74, 6) is -0.322. The van der Waals surface area contributed by atoms with E-state index in [0.29, 0.717) is 5.39 Å². The fraction of sp³-hybridized carbons (Fsp3) is 0.611. The Kier molecular flexibility index (Phi) is 4.16. The Balaban J connectivity index is 1.62. The van der Waals surface area contributed by atoms with Gasteiger partial charge in [-0.2, -0.15) is 0 Å². The zero-order valence-electron chi connectivity index (χ0n) is 13.9. The number of thiophene rings is 1. The molecular weight excluding hydrogens is 324 g/mol. The summed E-state index contributed by atoms with van der Waals surface area (Å²) in [5, 5.41) is 0.715. The average Bonchev–Trinajstić information content (AvgIpc) is 3.16. The van der Waals surface area contributed by atoms with Crippen molar-refractivity contribution in [3.63, 3.8) is 0 Å². The van der Waals surface area contributed by atoms with E-state index in [-0.39, 0.29) is 17.6 Å². The van der Waals surface area contributed by atoms with Gasteiger partial charge in [-0.25, -0.2) is 9.78 Å². The fourth-order valence-corrected chi connectivity index (χ4v) is 5.05. The van der Waals surface area contributed by atoms with Gasteiger partial charge in [0.2, 0.25) is 0 Å². The molecule has 0 N–H and O–H groups in total. The van der Waals surface area contributed by atoms with Gasteiger partial charge in [0, 0.05) is 4.88 Å². The lowest BCUT2D eigenvalue weighted by atomic mass is 9.98. The molecule has 1 fully saturated rings. The van der Waals surface area contributed by atoms with Crippen LogP contribution in [-0.2, 0) is 22.4 Å². The van der Waals surface area contributed by atoms with E-state index in [0.717, 1.165) is 55.3 Å². The fourth-order valence-electron chi connectivity index (χ4n) is 3.83. The van der Waals surface area contributed by atoms with Crippen LogP contribution in [0, 0.1) is 0 Å². The topological polar surface area (TPSA) is 61.2 Å². The molecule has 2 aliphatic carbocycles. The lowest BCUT2D eigenvalue weighted by Crippen LogP contribution is -2.32. The number of hydrogen-bond donors (Lipinski definition) is 0. The molecule has 0 bridgehead atoms. The molecule has 0 spiro atoms. The van der Waals surface area contributed by atoms with E-state index in [4.69, 9.17) is 4.74 Å². The van der Waals surface area contributed by atoms with Crippen LogP contribution in [0.15, 0.2) is 11.1 Å². The molecule has 1 saturated carbocycles. The second kappa shape index (κ2) is 6.31. The van der Waals surface area contributed by atoms with Gasteiger partial charge in [-0.15, -0.1) is 11.3 Å². The number of rotatable bonds is 3. The van der Waals surface area contributed by atoms with Crippen LogP contribution in [0.3, 0.4) is 0 Å². The molecule has 128 valence electrons. The molecule has 4 rings (SSSR count). The smallest absolute Gasteiger partial charge is 0.329 e. The van der Waals surface area contributed by atoms with E-state index in [1.165, 1.54) is 22.2 Å². The first-order valence-electron chi connectivity index (χ1n) is 8.87. The lowest BCUT2D eigenvalue weighted by molar-refractivity contribution is -0.154. The zero-order chi connectivity index (χ0) is 16.7. The minimum atomic E-state index is -0.631. The van der Waals surface area contributed by atoms with Crippen molar-refractivity contribution in [3.05, 3.63) is 27.1 Å². The van der Waals surface area contributed by atoms with E-state index in [1.807, 2.05) is 0 Å². The van der Waals surface area contributed by atoms with E-state index in [9.17, 15) is 9.59 Å². The molecule has 5 nitrogen and oxygen atoms in total. The van der Waals surface area contributed by atoms with Crippen molar-refractivity contribution >= 4 is 27.5 Å². The first kappa shape index (κ1) is 15.8. The second-order valence-corrected chi connectivity index (χ2v) is 7.95. The van der Waals surface area contributed by atoms with E-state index in [2.05, 4.69) is 4.98 Å². The summed E-state index contributed by atoms with van der Waals surface area (Å²) in [6.07, 6.45) is 9.89. The summed E-state index contributed by atoms with van der Waals surface area (Å²) < 4.78 is 7.07. The number of nitrogens with zero attached hydrogens (tertiary/aromatic N) is 2. The van der Waals surface area contributed by atoms with Crippen molar-refractivity contribution in [2.75, 3.05) is 0 Å². The highest BCUT2D eigenvalue weighted by atomic mass is 32.1. The number of aromatic nitrogens is 2. The molecule has 2 aliphatic rings. The van der Waals surface area contributed by atoms with Crippen LogP contribution >= 0.6 is 11.3 Å². The van der Waals surface area contributed by atoms with Crippen LogP contribution in [-0.4, -0.2) is 21.6 Å². The maximum Gasteiger partial charge on any atom is 0.329 e. The van der Waals surface area contributed by atoms with Crippen molar-refractivity contribution in [2.45, 2.75) is 70.4 Å². The highest BCUT2D eigenvalue weighted by Gasteiger charge is 2.26. The molecule has 2 aromatic rings. The molecule has 6 heteroatoms. The van der Waals surface area contributed by atoms with Gasteiger partial charge in [-0.05, 0) is 57.4 Å². The van der Waals surface area contributed by atoms with Crippen LogP contribution in [0.5, 0.6) is 0 Å². The summed E-state index contributed by atoms with van der Waals surface area (Å²) in [5.41, 5.74) is 1.04. The van der Waals surface area contributed by atoms with E-state index >= 15 is 0 Å². The average molecular weight is 346 g/mol. The standard InChI is InChI=1S/C18H22N2O3S/c1-11(18(22)23-12-6-3-2-4-7-12)20-10-19-16-15(17(20)21)13-8-5-9-14(13)24-16/h10-12H,2-9H2,1H3. The molecule has 2 heterocycles. The SMILES string of the molecule is CC(C(=O)OC1CCCCC1)n1cnc2sc3c(c2c1=O)CCC3. The molecule has 24 heavy (non-hydrogen) atoms. The molecule has 0 saturated heterocycles. The number of ether oxygens (including phenoxy) is 1. The molecule has 0 amide bonds. The Morgan fingerprint density at radius 1 is 1.29 bits per heavy atom. The van der Waals surface area contributed by atoms with Gasteiger partial charge in [0.25, 0.3) is 5.56 Å². The molecule has 1 atom stereocenters. The molecule has 0 radical (unpaired) electrons. The third-order valence-corrected chi connectivity index (χ3v) is 6.44. The summed E-state index contributed by atoms with van der Waals surface area (Å²) in [6, 6.07) is -0.631. The van der Waals surface area contributed by atoms with Gasteiger partial charge < -0.3 is 4.74 Å². The lowest BCUT2D eigenvalue weighted by Gasteiger charge is -2.24. The number of carbonyl (C=O) groups excluding carboxylic acids is 1. The third kappa shape index (κ3) is 2.66. The van der Waals surface area contributed by atoms with Crippen molar-refractivity contribution in [2.24, 2.45) is 0 Å². The maximum absolute atomic E-state index is 12.9. The zero-order valence-corrected chi connectivity index (χ0v) is 14.7. The van der Waals surface area contributed by atoms with Crippen molar-refractivity contribution in [1.29, 1.82) is 0 Å². The minimum Gasteiger partial charge on any atom is -0.461 e. The largest absolute Gasteiger partial charge is 0.461 e. The predicted octanol–water partition coefficient (Wildman–Crippen LogP) is 3.38. The first-order chi connectivity index (χ1) is 11.6. The minimum absolute atomic E-state index is 0.00601. The monoisotopic (exact) mass is 346 g/mol. The van der Waals surface area contributed by atoms with Crippen LogP contribution in [0.4, 0.5) is 0 Å². The van der Waals surface area contributed by atoms with Crippen molar-refractivity contribution < 1.29 is 9.53 Å². The summed E-state index contributed by atoms with van der Waals surface area (Å²) in [6.45, 7) is 1.73. The van der Waals surface area contributed by atoms with Gasteiger partial charge >= 0.3 is 5.97 Å².